The number of carbonyl (C=O) groups is 2. The second-order valence-electron chi connectivity index (χ2n) is 14.4. The molecule has 0 bridgehead atoms. The normalized spacial score (nSPS) is 15.8. The average molecular weight is 723 g/mol. The van der Waals surface area contributed by atoms with Gasteiger partial charge in [-0.15, -0.1) is 0 Å². The first-order valence-electron chi connectivity index (χ1n) is 17.5. The molecule has 7 N–H and O–H groups in total. The molecule has 4 rings (SSSR count). The van der Waals surface area contributed by atoms with Crippen LogP contribution in [0.4, 0.5) is 5.69 Å². The Hall–Kier alpha value is -3.06. The van der Waals surface area contributed by atoms with Gasteiger partial charge in [-0.25, -0.2) is 4.31 Å². The van der Waals surface area contributed by atoms with Gasteiger partial charge in [0, 0.05) is 34.1 Å². The van der Waals surface area contributed by atoms with Crippen LogP contribution >= 0.6 is 23.7 Å². The van der Waals surface area contributed by atoms with Gasteiger partial charge in [0.25, 0.3) is 0 Å². The summed E-state index contributed by atoms with van der Waals surface area (Å²) in [5, 5.41) is 23.9. The molecule has 3 aromatic rings. The van der Waals surface area contributed by atoms with Crippen LogP contribution < -0.4 is 27.0 Å². The molecular weight excluding hydrogens is 665 g/mol. The topological polar surface area (TPSA) is 132 Å². The number of hydrogen-bond donors (Lipinski definition) is 6. The van der Waals surface area contributed by atoms with Gasteiger partial charge in [-0.1, -0.05) is 107 Å². The Morgan fingerprint density at radius 3 is 2.20 bits per heavy atom. The molecule has 274 valence electrons. The van der Waals surface area contributed by atoms with E-state index in [4.69, 9.17) is 5.73 Å². The summed E-state index contributed by atoms with van der Waals surface area (Å²) < 4.78 is 2.15. The molecule has 4 atom stereocenters. The van der Waals surface area contributed by atoms with Crippen molar-refractivity contribution in [3.8, 4) is 0 Å². The van der Waals surface area contributed by atoms with Gasteiger partial charge in [-0.05, 0) is 80.3 Å². The number of nitrogens with zero attached hydrogens (tertiary/aromatic N) is 1. The van der Waals surface area contributed by atoms with Gasteiger partial charge in [-0.2, -0.15) is 0 Å². The molecule has 1 aliphatic heterocycles. The van der Waals surface area contributed by atoms with Crippen molar-refractivity contribution < 1.29 is 14.7 Å². The lowest BCUT2D eigenvalue weighted by Gasteiger charge is -2.31. The fraction of sp³-hybridized carbons (Fsp3) is 0.487. The standard InChI is InChI=1S/C35H48N6O3S2.C4H10/c1-23(2)21-41(46-27-16-17-28-31(19-27)45-34(36)39-28)22-30(42)29(18-25-12-8-6-9-13-25)38-32(43)20-37-33(44)24(3)40-35(4,5)26-14-10-7-11-15-26;1-4(2)3/h6-17,19,23-24,29-30,34,39-40,42H,18,20-22,36H2,1-5H3,(H,37,44)(H,38,43);4H,1-3H3/t24-,29+,30?,34?;/m1./s1. The van der Waals surface area contributed by atoms with E-state index in [0.29, 0.717) is 18.9 Å². The summed E-state index contributed by atoms with van der Waals surface area (Å²) in [5.41, 5.74) is 8.54. The number of nitrogens with one attached hydrogen (secondary N) is 4. The highest BCUT2D eigenvalue weighted by Gasteiger charge is 2.28. The largest absolute Gasteiger partial charge is 0.390 e. The number of rotatable bonds is 16. The highest BCUT2D eigenvalue weighted by atomic mass is 32.2. The third-order valence-corrected chi connectivity index (χ3v) is 9.68. The maximum Gasteiger partial charge on any atom is 0.239 e. The highest BCUT2D eigenvalue weighted by molar-refractivity contribution is 8.00. The fourth-order valence-electron chi connectivity index (χ4n) is 5.41. The summed E-state index contributed by atoms with van der Waals surface area (Å²) in [6.45, 7) is 17.5. The van der Waals surface area contributed by atoms with Crippen molar-refractivity contribution in [2.75, 3.05) is 25.0 Å². The monoisotopic (exact) mass is 722 g/mol. The smallest absolute Gasteiger partial charge is 0.239 e. The molecular formula is C39H58N6O3S2. The zero-order chi connectivity index (χ0) is 36.8. The molecule has 0 spiro atoms. The number of aliphatic hydroxyl groups is 1. The van der Waals surface area contributed by atoms with E-state index < -0.39 is 23.7 Å². The number of hydrogen-bond acceptors (Lipinski definition) is 9. The summed E-state index contributed by atoms with van der Waals surface area (Å²) in [4.78, 5) is 28.3. The molecule has 2 amide bonds. The van der Waals surface area contributed by atoms with Gasteiger partial charge >= 0.3 is 0 Å². The van der Waals surface area contributed by atoms with Gasteiger partial charge in [0.15, 0.2) is 0 Å². The minimum atomic E-state index is -0.864. The molecule has 11 heteroatoms. The van der Waals surface area contributed by atoms with Crippen LogP contribution in [-0.2, 0) is 21.5 Å². The van der Waals surface area contributed by atoms with Gasteiger partial charge in [0.1, 0.15) is 5.50 Å². The molecule has 1 aliphatic rings. The molecule has 0 aliphatic carbocycles. The Morgan fingerprint density at radius 1 is 0.960 bits per heavy atom. The third kappa shape index (κ3) is 14.3. The Kier molecular flexibility index (Phi) is 16.6. The van der Waals surface area contributed by atoms with Crippen LogP contribution in [0.1, 0.15) is 66.5 Å². The Balaban J connectivity index is 0.00000160. The Labute approximate surface area is 308 Å². The van der Waals surface area contributed by atoms with Crippen LogP contribution in [-0.4, -0.2) is 64.5 Å². The van der Waals surface area contributed by atoms with E-state index in [1.54, 1.807) is 30.6 Å². The van der Waals surface area contributed by atoms with Crippen LogP contribution in [0.5, 0.6) is 0 Å². The van der Waals surface area contributed by atoms with Crippen LogP contribution in [0, 0.1) is 11.8 Å². The first kappa shape index (κ1) is 41.4. The lowest BCUT2D eigenvalue weighted by Crippen LogP contribution is -2.53. The molecule has 0 radical (unpaired) electrons. The van der Waals surface area contributed by atoms with Crippen LogP contribution in [0.15, 0.2) is 88.7 Å². The molecule has 3 aromatic carbocycles. The van der Waals surface area contributed by atoms with Gasteiger partial charge in [-0.3, -0.25) is 14.9 Å². The van der Waals surface area contributed by atoms with E-state index in [1.165, 1.54) is 0 Å². The van der Waals surface area contributed by atoms with Gasteiger partial charge < -0.3 is 26.8 Å². The SMILES string of the molecule is CC(C)C.CC(C)CN(CC(O)[C@H](Cc1ccccc1)NC(=O)CNC(=O)[C@@H](C)NC(C)(C)c1ccccc1)Sc1ccc2c(c1)SC(N)N2. The summed E-state index contributed by atoms with van der Waals surface area (Å²) in [6, 6.07) is 24.8. The predicted octanol–water partition coefficient (Wildman–Crippen LogP) is 6.19. The molecule has 1 heterocycles. The van der Waals surface area contributed by atoms with E-state index in [9.17, 15) is 14.7 Å². The molecule has 0 fully saturated rings. The summed E-state index contributed by atoms with van der Waals surface area (Å²) in [7, 11) is 0. The number of nitrogens with two attached hydrogens (primary N) is 1. The minimum Gasteiger partial charge on any atom is -0.390 e. The fourth-order valence-corrected chi connectivity index (χ4v) is 7.59. The number of carbonyl (C=O) groups excluding carboxylic acids is 2. The van der Waals surface area contributed by atoms with E-state index in [0.717, 1.165) is 39.1 Å². The van der Waals surface area contributed by atoms with Crippen molar-refractivity contribution in [1.82, 2.24) is 20.3 Å². The summed E-state index contributed by atoms with van der Waals surface area (Å²) in [6.07, 6.45) is -0.415. The number of benzene rings is 3. The van der Waals surface area contributed by atoms with E-state index in [2.05, 4.69) is 72.3 Å². The molecule has 50 heavy (non-hydrogen) atoms. The first-order valence-corrected chi connectivity index (χ1v) is 19.2. The number of amides is 2. The minimum absolute atomic E-state index is 0.156. The number of anilines is 1. The molecule has 2 unspecified atom stereocenters. The van der Waals surface area contributed by atoms with Crippen molar-refractivity contribution in [2.24, 2.45) is 17.6 Å². The van der Waals surface area contributed by atoms with Gasteiger partial charge in [0.05, 0.1) is 24.7 Å². The molecule has 9 nitrogen and oxygen atoms in total. The highest BCUT2D eigenvalue weighted by Crippen LogP contribution is 2.39. The van der Waals surface area contributed by atoms with Crippen molar-refractivity contribution in [2.45, 2.75) is 101 Å². The zero-order valence-corrected chi connectivity index (χ0v) is 32.5. The maximum absolute atomic E-state index is 13.2. The second-order valence-corrected chi connectivity index (χ2v) is 16.8. The Bertz CT molecular complexity index is 1470. The lowest BCUT2D eigenvalue weighted by molar-refractivity contribution is -0.128. The van der Waals surface area contributed by atoms with Crippen molar-refractivity contribution in [1.29, 1.82) is 0 Å². The third-order valence-electron chi connectivity index (χ3n) is 7.70. The first-order chi connectivity index (χ1) is 23.6. The maximum atomic E-state index is 13.2. The lowest BCUT2D eigenvalue weighted by atomic mass is 9.93. The van der Waals surface area contributed by atoms with E-state index in [1.807, 2.05) is 80.6 Å². The van der Waals surface area contributed by atoms with Crippen LogP contribution in [0.3, 0.4) is 0 Å². The van der Waals surface area contributed by atoms with Crippen LogP contribution in [0.25, 0.3) is 0 Å². The Morgan fingerprint density at radius 2 is 1.58 bits per heavy atom. The molecule has 0 saturated heterocycles. The van der Waals surface area contributed by atoms with E-state index in [-0.39, 0.29) is 23.9 Å². The summed E-state index contributed by atoms with van der Waals surface area (Å²) >= 11 is 3.18. The second kappa shape index (κ2) is 20.1. The van der Waals surface area contributed by atoms with Crippen LogP contribution in [0.2, 0.25) is 0 Å². The zero-order valence-electron chi connectivity index (χ0n) is 30.9. The quantitative estimate of drug-likeness (QED) is 0.0959. The molecule has 0 saturated carbocycles. The van der Waals surface area contributed by atoms with Crippen molar-refractivity contribution in [3.63, 3.8) is 0 Å². The van der Waals surface area contributed by atoms with Crippen molar-refractivity contribution in [3.05, 3.63) is 90.0 Å². The van der Waals surface area contributed by atoms with Gasteiger partial charge in [0.2, 0.25) is 11.8 Å². The van der Waals surface area contributed by atoms with E-state index >= 15 is 0 Å². The number of thioether (sulfide) groups is 1. The molecule has 0 aromatic heterocycles. The summed E-state index contributed by atoms with van der Waals surface area (Å²) in [5.74, 6) is 0.561. The van der Waals surface area contributed by atoms with Crippen molar-refractivity contribution >= 4 is 41.2 Å². The number of fused-ring (bicyclic) bond motifs is 1. The predicted molar refractivity (Wildman–Crippen MR) is 210 cm³/mol. The number of aliphatic hydroxyl groups excluding tert-OH is 1. The average Bonchev–Trinajstić information content (AvgIpc) is 3.42.